The Bertz CT molecular complexity index is 629. The van der Waals surface area contributed by atoms with E-state index in [2.05, 4.69) is 5.32 Å². The van der Waals surface area contributed by atoms with Crippen LogP contribution in [0.4, 0.5) is 8.78 Å². The van der Waals surface area contributed by atoms with E-state index in [1.807, 2.05) is 24.3 Å². The number of rotatable bonds is 4. The molecule has 1 amide bonds. The van der Waals surface area contributed by atoms with Gasteiger partial charge in [0.1, 0.15) is 11.6 Å². The van der Waals surface area contributed by atoms with Crippen LogP contribution in [0.2, 0.25) is 0 Å². The van der Waals surface area contributed by atoms with Gasteiger partial charge in [-0.05, 0) is 23.3 Å². The Balaban J connectivity index is 2.04. The average Bonchev–Trinajstić information content (AvgIpc) is 2.45. The summed E-state index contributed by atoms with van der Waals surface area (Å²) >= 11 is 0. The van der Waals surface area contributed by atoms with E-state index in [0.717, 1.165) is 23.3 Å². The maximum Gasteiger partial charge on any atom is 0.254 e. The molecule has 2 rings (SSSR count). The van der Waals surface area contributed by atoms with E-state index >= 15 is 0 Å². The fourth-order valence-corrected chi connectivity index (χ4v) is 1.82. The molecule has 0 radical (unpaired) electrons. The normalized spacial score (nSPS) is 10.3. The summed E-state index contributed by atoms with van der Waals surface area (Å²) in [5.74, 6) is -2.17. The number of carbonyl (C=O) groups is 1. The lowest BCUT2D eigenvalue weighted by Gasteiger charge is -2.07. The Kier molecular flexibility index (Phi) is 4.42. The van der Waals surface area contributed by atoms with Gasteiger partial charge in [0.2, 0.25) is 0 Å². The Labute approximate surface area is 115 Å². The Morgan fingerprint density at radius 3 is 2.55 bits per heavy atom. The van der Waals surface area contributed by atoms with Gasteiger partial charge in [-0.2, -0.15) is 0 Å². The summed E-state index contributed by atoms with van der Waals surface area (Å²) in [7, 11) is 0. The molecule has 0 fully saturated rings. The quantitative estimate of drug-likeness (QED) is 0.900. The minimum Gasteiger partial charge on any atom is -0.348 e. The molecule has 5 heteroatoms. The molecule has 0 spiro atoms. The van der Waals surface area contributed by atoms with Gasteiger partial charge in [0.25, 0.3) is 5.91 Å². The third-order valence-electron chi connectivity index (χ3n) is 2.86. The van der Waals surface area contributed by atoms with Gasteiger partial charge >= 0.3 is 0 Å². The molecular weight excluding hydrogens is 262 g/mol. The molecule has 3 nitrogen and oxygen atoms in total. The van der Waals surface area contributed by atoms with Crippen LogP contribution in [0, 0.1) is 11.6 Å². The summed E-state index contributed by atoms with van der Waals surface area (Å²) in [6.45, 7) is 0.665. The molecule has 0 saturated heterocycles. The van der Waals surface area contributed by atoms with Crippen molar-refractivity contribution >= 4 is 5.91 Å². The molecule has 0 heterocycles. The Morgan fingerprint density at radius 2 is 1.85 bits per heavy atom. The van der Waals surface area contributed by atoms with Gasteiger partial charge < -0.3 is 11.1 Å². The lowest BCUT2D eigenvalue weighted by molar-refractivity contribution is 0.0947. The van der Waals surface area contributed by atoms with Gasteiger partial charge in [-0.15, -0.1) is 0 Å². The van der Waals surface area contributed by atoms with Crippen LogP contribution in [-0.4, -0.2) is 5.91 Å². The lowest BCUT2D eigenvalue weighted by atomic mass is 10.1. The van der Waals surface area contributed by atoms with E-state index in [1.165, 1.54) is 0 Å². The molecule has 0 aromatic heterocycles. The number of carbonyl (C=O) groups excluding carboxylic acids is 1. The zero-order chi connectivity index (χ0) is 14.5. The molecule has 2 aromatic rings. The predicted octanol–water partition coefficient (Wildman–Crippen LogP) is 2.35. The third-order valence-corrected chi connectivity index (χ3v) is 2.86. The molecule has 20 heavy (non-hydrogen) atoms. The number of hydrogen-bond donors (Lipinski definition) is 2. The van der Waals surface area contributed by atoms with Crippen molar-refractivity contribution in [2.45, 2.75) is 13.1 Å². The van der Waals surface area contributed by atoms with E-state index in [-0.39, 0.29) is 12.1 Å². The second kappa shape index (κ2) is 6.25. The van der Waals surface area contributed by atoms with Crippen molar-refractivity contribution in [1.82, 2.24) is 5.32 Å². The summed E-state index contributed by atoms with van der Waals surface area (Å²) in [5.41, 5.74) is 7.16. The molecule has 104 valence electrons. The SMILES string of the molecule is NCc1cccc(CNC(=O)c2ccc(F)cc2F)c1. The number of nitrogens with one attached hydrogen (secondary N) is 1. The highest BCUT2D eigenvalue weighted by atomic mass is 19.1. The van der Waals surface area contributed by atoms with Crippen molar-refractivity contribution in [3.63, 3.8) is 0 Å². The topological polar surface area (TPSA) is 55.1 Å². The van der Waals surface area contributed by atoms with Crippen molar-refractivity contribution in [2.24, 2.45) is 5.73 Å². The van der Waals surface area contributed by atoms with E-state index in [0.29, 0.717) is 12.6 Å². The van der Waals surface area contributed by atoms with Crippen molar-refractivity contribution in [3.8, 4) is 0 Å². The summed E-state index contributed by atoms with van der Waals surface area (Å²) in [4.78, 5) is 11.8. The fourth-order valence-electron chi connectivity index (χ4n) is 1.82. The highest BCUT2D eigenvalue weighted by Gasteiger charge is 2.11. The highest BCUT2D eigenvalue weighted by molar-refractivity contribution is 5.94. The van der Waals surface area contributed by atoms with Crippen molar-refractivity contribution in [2.75, 3.05) is 0 Å². The van der Waals surface area contributed by atoms with Crippen LogP contribution in [0.1, 0.15) is 21.5 Å². The smallest absolute Gasteiger partial charge is 0.254 e. The van der Waals surface area contributed by atoms with Gasteiger partial charge in [-0.25, -0.2) is 8.78 Å². The van der Waals surface area contributed by atoms with E-state index in [9.17, 15) is 13.6 Å². The van der Waals surface area contributed by atoms with Gasteiger partial charge in [-0.1, -0.05) is 24.3 Å². The number of halogens is 2. The van der Waals surface area contributed by atoms with Crippen LogP contribution in [0.25, 0.3) is 0 Å². The monoisotopic (exact) mass is 276 g/mol. The number of amides is 1. The molecule has 0 bridgehead atoms. The minimum absolute atomic E-state index is 0.179. The van der Waals surface area contributed by atoms with Crippen LogP contribution in [0.3, 0.4) is 0 Å². The van der Waals surface area contributed by atoms with Crippen molar-refractivity contribution in [3.05, 3.63) is 70.8 Å². The molecule has 0 aliphatic carbocycles. The molecular formula is C15H14F2N2O. The summed E-state index contributed by atoms with van der Waals surface area (Å²) in [6.07, 6.45) is 0. The second-order valence-corrected chi connectivity index (χ2v) is 4.33. The first-order valence-electron chi connectivity index (χ1n) is 6.11. The van der Waals surface area contributed by atoms with Crippen LogP contribution >= 0.6 is 0 Å². The maximum atomic E-state index is 13.4. The second-order valence-electron chi connectivity index (χ2n) is 4.33. The summed E-state index contributed by atoms with van der Waals surface area (Å²) < 4.78 is 26.2. The Morgan fingerprint density at radius 1 is 1.10 bits per heavy atom. The van der Waals surface area contributed by atoms with Crippen LogP contribution < -0.4 is 11.1 Å². The molecule has 0 saturated carbocycles. The summed E-state index contributed by atoms with van der Waals surface area (Å²) in [5, 5.41) is 2.58. The van der Waals surface area contributed by atoms with Gasteiger partial charge in [0.05, 0.1) is 5.56 Å². The first-order valence-corrected chi connectivity index (χ1v) is 6.11. The van der Waals surface area contributed by atoms with Crippen LogP contribution in [0.15, 0.2) is 42.5 Å². The van der Waals surface area contributed by atoms with E-state index in [4.69, 9.17) is 5.73 Å². The van der Waals surface area contributed by atoms with E-state index in [1.54, 1.807) is 0 Å². The van der Waals surface area contributed by atoms with Crippen LogP contribution in [0.5, 0.6) is 0 Å². The first kappa shape index (κ1) is 14.1. The van der Waals surface area contributed by atoms with Gasteiger partial charge in [0, 0.05) is 19.2 Å². The van der Waals surface area contributed by atoms with E-state index < -0.39 is 17.5 Å². The number of hydrogen-bond acceptors (Lipinski definition) is 2. The molecule has 0 atom stereocenters. The van der Waals surface area contributed by atoms with Crippen molar-refractivity contribution < 1.29 is 13.6 Å². The summed E-state index contributed by atoms with van der Waals surface area (Å²) in [6, 6.07) is 10.3. The zero-order valence-electron chi connectivity index (χ0n) is 10.7. The lowest BCUT2D eigenvalue weighted by Crippen LogP contribution is -2.24. The molecule has 0 aliphatic rings. The fraction of sp³-hybridized carbons (Fsp3) is 0.133. The standard InChI is InChI=1S/C15H14F2N2O/c16-12-4-5-13(14(17)7-12)15(20)19-9-11-3-1-2-10(6-11)8-18/h1-7H,8-9,18H2,(H,19,20). The molecule has 2 aromatic carbocycles. The minimum atomic E-state index is -0.877. The third kappa shape index (κ3) is 3.39. The van der Waals surface area contributed by atoms with Gasteiger partial charge in [-0.3, -0.25) is 4.79 Å². The Hall–Kier alpha value is -2.27. The average molecular weight is 276 g/mol. The first-order chi connectivity index (χ1) is 9.60. The van der Waals surface area contributed by atoms with Crippen LogP contribution in [-0.2, 0) is 13.1 Å². The van der Waals surface area contributed by atoms with Crippen molar-refractivity contribution in [1.29, 1.82) is 0 Å². The highest BCUT2D eigenvalue weighted by Crippen LogP contribution is 2.10. The molecule has 3 N–H and O–H groups in total. The maximum absolute atomic E-state index is 13.4. The predicted molar refractivity (Wildman–Crippen MR) is 71.9 cm³/mol. The largest absolute Gasteiger partial charge is 0.348 e. The molecule has 0 aliphatic heterocycles. The number of benzene rings is 2. The number of nitrogens with two attached hydrogens (primary N) is 1. The molecule has 0 unspecified atom stereocenters. The zero-order valence-corrected chi connectivity index (χ0v) is 10.7. The van der Waals surface area contributed by atoms with Gasteiger partial charge in [0.15, 0.2) is 0 Å².